The number of phenols is 1. The zero-order valence-electron chi connectivity index (χ0n) is 9.63. The van der Waals surface area contributed by atoms with E-state index in [1.54, 1.807) is 29.6 Å². The lowest BCUT2D eigenvalue weighted by atomic mass is 10.2. The summed E-state index contributed by atoms with van der Waals surface area (Å²) in [6, 6.07) is 4.97. The monoisotopic (exact) mass is 374 g/mol. The Bertz CT molecular complexity index is 557. The molecule has 0 saturated carbocycles. The molecule has 1 aromatic carbocycles. The van der Waals surface area contributed by atoms with Gasteiger partial charge in [0.15, 0.2) is 0 Å². The average Bonchev–Trinajstić information content (AvgIpc) is 2.84. The third kappa shape index (κ3) is 2.99. The Kier molecular flexibility index (Phi) is 4.18. The van der Waals surface area contributed by atoms with Crippen LogP contribution < -0.4 is 0 Å². The number of aromatic hydroxyl groups is 1. The molecular weight excluding hydrogens is 363 g/mol. The predicted octanol–water partition coefficient (Wildman–Crippen LogP) is 2.73. The van der Waals surface area contributed by atoms with E-state index in [9.17, 15) is 9.90 Å². The van der Waals surface area contributed by atoms with Crippen LogP contribution in [0.2, 0.25) is 0 Å². The molecule has 0 spiro atoms. The van der Waals surface area contributed by atoms with Gasteiger partial charge in [-0.15, -0.1) is 11.3 Å². The van der Waals surface area contributed by atoms with E-state index in [1.807, 2.05) is 5.38 Å². The number of phenolic OH excluding ortho intramolecular Hbond substituents is 1. The van der Waals surface area contributed by atoms with E-state index < -0.39 is 0 Å². The van der Waals surface area contributed by atoms with Gasteiger partial charge in [0.05, 0.1) is 23.3 Å². The maximum Gasteiger partial charge on any atom is 0.257 e. The van der Waals surface area contributed by atoms with Crippen molar-refractivity contribution in [3.8, 4) is 5.75 Å². The van der Waals surface area contributed by atoms with Gasteiger partial charge in [-0.1, -0.05) is 0 Å². The van der Waals surface area contributed by atoms with Crippen LogP contribution in [0.25, 0.3) is 0 Å². The standard InChI is InChI=1S/C12H11IN2O2S/c1-15(5-9-6-18-7-14-9)12(17)10-4-8(13)2-3-11(10)16/h2-4,6-7,16H,5H2,1H3. The molecule has 0 aliphatic heterocycles. The fraction of sp³-hybridized carbons (Fsp3) is 0.167. The topological polar surface area (TPSA) is 53.4 Å². The highest BCUT2D eigenvalue weighted by Gasteiger charge is 2.16. The number of thiazole rings is 1. The number of carbonyl (C=O) groups is 1. The molecule has 18 heavy (non-hydrogen) atoms. The SMILES string of the molecule is CN(Cc1cscn1)C(=O)c1cc(I)ccc1O. The number of rotatable bonds is 3. The van der Waals surface area contributed by atoms with E-state index in [0.717, 1.165) is 9.26 Å². The maximum absolute atomic E-state index is 12.2. The van der Waals surface area contributed by atoms with Gasteiger partial charge >= 0.3 is 0 Å². The zero-order valence-corrected chi connectivity index (χ0v) is 12.6. The molecule has 0 aliphatic carbocycles. The van der Waals surface area contributed by atoms with Crippen LogP contribution in [0, 0.1) is 3.57 Å². The molecule has 1 amide bonds. The first-order chi connectivity index (χ1) is 8.58. The molecule has 94 valence electrons. The van der Waals surface area contributed by atoms with Gasteiger partial charge in [0.25, 0.3) is 5.91 Å². The third-order valence-corrected chi connectivity index (χ3v) is 3.72. The van der Waals surface area contributed by atoms with Gasteiger partial charge < -0.3 is 10.0 Å². The molecule has 0 fully saturated rings. The van der Waals surface area contributed by atoms with Crippen molar-refractivity contribution in [1.29, 1.82) is 0 Å². The summed E-state index contributed by atoms with van der Waals surface area (Å²) in [4.78, 5) is 17.9. The second kappa shape index (κ2) is 5.66. The summed E-state index contributed by atoms with van der Waals surface area (Å²) in [5, 5.41) is 11.6. The van der Waals surface area contributed by atoms with Crippen LogP contribution in [0.1, 0.15) is 16.1 Å². The number of nitrogens with zero attached hydrogens (tertiary/aromatic N) is 2. The van der Waals surface area contributed by atoms with Crippen molar-refractivity contribution in [2.75, 3.05) is 7.05 Å². The lowest BCUT2D eigenvalue weighted by Gasteiger charge is -2.16. The highest BCUT2D eigenvalue weighted by atomic mass is 127. The smallest absolute Gasteiger partial charge is 0.257 e. The van der Waals surface area contributed by atoms with E-state index in [2.05, 4.69) is 27.6 Å². The quantitative estimate of drug-likeness (QED) is 0.841. The normalized spacial score (nSPS) is 10.3. The minimum Gasteiger partial charge on any atom is -0.507 e. The fourth-order valence-electron chi connectivity index (χ4n) is 1.52. The maximum atomic E-state index is 12.2. The summed E-state index contributed by atoms with van der Waals surface area (Å²) in [5.74, 6) is -0.204. The van der Waals surface area contributed by atoms with Crippen molar-refractivity contribution in [2.45, 2.75) is 6.54 Å². The van der Waals surface area contributed by atoms with Crippen molar-refractivity contribution >= 4 is 39.8 Å². The van der Waals surface area contributed by atoms with E-state index in [1.165, 1.54) is 17.4 Å². The molecule has 2 rings (SSSR count). The van der Waals surface area contributed by atoms with Crippen LogP contribution in [0.4, 0.5) is 0 Å². The van der Waals surface area contributed by atoms with E-state index in [0.29, 0.717) is 12.1 Å². The lowest BCUT2D eigenvalue weighted by molar-refractivity contribution is 0.0780. The minimum absolute atomic E-state index is 0.00513. The van der Waals surface area contributed by atoms with Gasteiger partial charge in [0, 0.05) is 16.0 Å². The van der Waals surface area contributed by atoms with Crippen LogP contribution in [0.15, 0.2) is 29.1 Å². The lowest BCUT2D eigenvalue weighted by Crippen LogP contribution is -2.26. The first kappa shape index (κ1) is 13.3. The second-order valence-electron chi connectivity index (χ2n) is 3.80. The molecule has 1 heterocycles. The average molecular weight is 374 g/mol. The van der Waals surface area contributed by atoms with E-state index in [-0.39, 0.29) is 11.7 Å². The Morgan fingerprint density at radius 3 is 3.00 bits per heavy atom. The number of amides is 1. The zero-order chi connectivity index (χ0) is 13.1. The molecule has 6 heteroatoms. The van der Waals surface area contributed by atoms with Crippen LogP contribution in [-0.2, 0) is 6.54 Å². The molecule has 0 aliphatic rings. The van der Waals surface area contributed by atoms with Crippen molar-refractivity contribution in [3.05, 3.63) is 43.9 Å². The Morgan fingerprint density at radius 1 is 1.56 bits per heavy atom. The fourth-order valence-corrected chi connectivity index (χ4v) is 2.56. The van der Waals surface area contributed by atoms with Gasteiger partial charge in [-0.05, 0) is 40.8 Å². The first-order valence-electron chi connectivity index (χ1n) is 5.19. The number of benzene rings is 1. The molecule has 0 unspecified atom stereocenters. The van der Waals surface area contributed by atoms with Crippen molar-refractivity contribution in [3.63, 3.8) is 0 Å². The van der Waals surface area contributed by atoms with Crippen LogP contribution in [0.5, 0.6) is 5.75 Å². The molecule has 0 atom stereocenters. The van der Waals surface area contributed by atoms with Gasteiger partial charge in [-0.3, -0.25) is 4.79 Å². The molecule has 1 N–H and O–H groups in total. The van der Waals surface area contributed by atoms with Crippen LogP contribution in [-0.4, -0.2) is 27.9 Å². The molecule has 0 bridgehead atoms. The predicted molar refractivity (Wildman–Crippen MR) is 78.7 cm³/mol. The molecule has 4 nitrogen and oxygen atoms in total. The summed E-state index contributed by atoms with van der Waals surface area (Å²) in [6.07, 6.45) is 0. The number of hydrogen-bond acceptors (Lipinski definition) is 4. The van der Waals surface area contributed by atoms with Gasteiger partial charge in [-0.2, -0.15) is 0 Å². The van der Waals surface area contributed by atoms with Gasteiger partial charge in [0.2, 0.25) is 0 Å². The molecule has 0 radical (unpaired) electrons. The molecule has 1 aromatic heterocycles. The summed E-state index contributed by atoms with van der Waals surface area (Å²) < 4.78 is 0.913. The van der Waals surface area contributed by atoms with Crippen molar-refractivity contribution < 1.29 is 9.90 Å². The Morgan fingerprint density at radius 2 is 2.33 bits per heavy atom. The Labute approximate surface area is 122 Å². The number of aromatic nitrogens is 1. The van der Waals surface area contributed by atoms with Crippen molar-refractivity contribution in [1.82, 2.24) is 9.88 Å². The third-order valence-electron chi connectivity index (χ3n) is 2.42. The summed E-state index contributed by atoms with van der Waals surface area (Å²) in [5.41, 5.74) is 2.90. The van der Waals surface area contributed by atoms with Crippen LogP contribution >= 0.6 is 33.9 Å². The summed E-state index contributed by atoms with van der Waals surface area (Å²) in [7, 11) is 1.70. The largest absolute Gasteiger partial charge is 0.507 e. The molecule has 2 aromatic rings. The van der Waals surface area contributed by atoms with Gasteiger partial charge in [0.1, 0.15) is 5.75 Å². The van der Waals surface area contributed by atoms with E-state index in [4.69, 9.17) is 0 Å². The first-order valence-corrected chi connectivity index (χ1v) is 7.21. The van der Waals surface area contributed by atoms with Crippen LogP contribution in [0.3, 0.4) is 0 Å². The number of halogens is 1. The number of carbonyl (C=O) groups excluding carboxylic acids is 1. The Balaban J connectivity index is 2.17. The summed E-state index contributed by atoms with van der Waals surface area (Å²) in [6.45, 7) is 0.438. The highest BCUT2D eigenvalue weighted by molar-refractivity contribution is 14.1. The Hall–Kier alpha value is -1.15. The van der Waals surface area contributed by atoms with E-state index >= 15 is 0 Å². The van der Waals surface area contributed by atoms with Gasteiger partial charge in [-0.25, -0.2) is 4.98 Å². The molecule has 0 saturated heterocycles. The second-order valence-corrected chi connectivity index (χ2v) is 5.77. The van der Waals surface area contributed by atoms with Crippen molar-refractivity contribution in [2.24, 2.45) is 0 Å². The summed E-state index contributed by atoms with van der Waals surface area (Å²) >= 11 is 3.60. The highest BCUT2D eigenvalue weighted by Crippen LogP contribution is 2.21. The number of hydrogen-bond donors (Lipinski definition) is 1. The molecular formula is C12H11IN2O2S. The minimum atomic E-state index is -0.209.